The second-order valence-corrected chi connectivity index (χ2v) is 6.13. The van der Waals surface area contributed by atoms with Gasteiger partial charge in [-0.2, -0.15) is 13.2 Å². The van der Waals surface area contributed by atoms with Crippen LogP contribution in [0.3, 0.4) is 0 Å². The summed E-state index contributed by atoms with van der Waals surface area (Å²) in [6.07, 6.45) is 0.978. The molecule has 1 amide bonds. The third-order valence-electron chi connectivity index (χ3n) is 4.80. The van der Waals surface area contributed by atoms with Gasteiger partial charge in [0, 0.05) is 13.1 Å². The Hall–Kier alpha value is -1.67. The summed E-state index contributed by atoms with van der Waals surface area (Å²) in [6.45, 7) is -0.112. The maximum Gasteiger partial charge on any atom is 0.393 e. The highest BCUT2D eigenvalue weighted by atomic mass is 19.4. The van der Waals surface area contributed by atoms with Gasteiger partial charge in [0.25, 0.3) is 5.91 Å². The van der Waals surface area contributed by atoms with Gasteiger partial charge in [-0.05, 0) is 29.7 Å². The number of hydrogen-bond acceptors (Lipinski definition) is 4. The summed E-state index contributed by atoms with van der Waals surface area (Å²) in [7, 11) is 0. The lowest BCUT2D eigenvalue weighted by Gasteiger charge is -2.38. The molecule has 0 aromatic carbocycles. The first-order valence-corrected chi connectivity index (χ1v) is 7.53. The molecular formula is C13H18F3N5O. The van der Waals surface area contributed by atoms with Crippen LogP contribution >= 0.6 is 0 Å². The van der Waals surface area contributed by atoms with Gasteiger partial charge in [-0.3, -0.25) is 4.79 Å². The maximum absolute atomic E-state index is 12.9. The SMILES string of the molecule is O=C(N1CCC(C(F)(F)F)C1)C1(n2cnnn2)CCCCC1. The Kier molecular flexibility index (Phi) is 3.82. The Morgan fingerprint density at radius 2 is 1.95 bits per heavy atom. The van der Waals surface area contributed by atoms with Crippen molar-refractivity contribution in [3.63, 3.8) is 0 Å². The molecule has 1 unspecified atom stereocenters. The topological polar surface area (TPSA) is 63.9 Å². The van der Waals surface area contributed by atoms with Crippen molar-refractivity contribution in [3.8, 4) is 0 Å². The average Bonchev–Trinajstić information content (AvgIpc) is 3.18. The van der Waals surface area contributed by atoms with E-state index in [4.69, 9.17) is 0 Å². The van der Waals surface area contributed by atoms with Crippen molar-refractivity contribution in [2.24, 2.45) is 5.92 Å². The lowest BCUT2D eigenvalue weighted by atomic mass is 9.80. The monoisotopic (exact) mass is 317 g/mol. The predicted molar refractivity (Wildman–Crippen MR) is 69.6 cm³/mol. The number of amides is 1. The smallest absolute Gasteiger partial charge is 0.340 e. The highest BCUT2D eigenvalue weighted by Gasteiger charge is 2.50. The Morgan fingerprint density at radius 1 is 1.23 bits per heavy atom. The molecule has 1 aromatic rings. The molecule has 22 heavy (non-hydrogen) atoms. The summed E-state index contributed by atoms with van der Waals surface area (Å²) >= 11 is 0. The largest absolute Gasteiger partial charge is 0.393 e. The molecule has 0 radical (unpaired) electrons. The lowest BCUT2D eigenvalue weighted by molar-refractivity contribution is -0.171. The van der Waals surface area contributed by atoms with Gasteiger partial charge in [0.1, 0.15) is 11.9 Å². The molecule has 2 heterocycles. The lowest BCUT2D eigenvalue weighted by Crippen LogP contribution is -2.51. The second kappa shape index (κ2) is 5.51. The van der Waals surface area contributed by atoms with E-state index in [1.807, 2.05) is 0 Å². The van der Waals surface area contributed by atoms with Gasteiger partial charge in [-0.15, -0.1) is 5.10 Å². The third-order valence-corrected chi connectivity index (χ3v) is 4.80. The first-order valence-electron chi connectivity index (χ1n) is 7.53. The van der Waals surface area contributed by atoms with E-state index in [0.717, 1.165) is 19.3 Å². The minimum absolute atomic E-state index is 0.0269. The molecule has 1 aliphatic heterocycles. The fourth-order valence-corrected chi connectivity index (χ4v) is 3.54. The Morgan fingerprint density at radius 3 is 2.50 bits per heavy atom. The minimum atomic E-state index is -4.25. The fraction of sp³-hybridized carbons (Fsp3) is 0.846. The summed E-state index contributed by atoms with van der Waals surface area (Å²) in [5.41, 5.74) is -0.914. The van der Waals surface area contributed by atoms with Crippen molar-refractivity contribution in [3.05, 3.63) is 6.33 Å². The van der Waals surface area contributed by atoms with Crippen LogP contribution in [0.2, 0.25) is 0 Å². The fourth-order valence-electron chi connectivity index (χ4n) is 3.54. The van der Waals surface area contributed by atoms with Crippen LogP contribution in [-0.4, -0.2) is 50.3 Å². The summed E-state index contributed by atoms with van der Waals surface area (Å²) in [5, 5.41) is 11.0. The molecule has 1 saturated carbocycles. The van der Waals surface area contributed by atoms with Crippen LogP contribution in [0.4, 0.5) is 13.2 Å². The van der Waals surface area contributed by atoms with E-state index in [1.165, 1.54) is 15.9 Å². The number of hydrogen-bond donors (Lipinski definition) is 0. The van der Waals surface area contributed by atoms with Crippen molar-refractivity contribution < 1.29 is 18.0 Å². The summed E-state index contributed by atoms with van der Waals surface area (Å²) in [4.78, 5) is 14.3. The number of likely N-dealkylation sites (tertiary alicyclic amines) is 1. The van der Waals surface area contributed by atoms with E-state index in [-0.39, 0.29) is 25.4 Å². The van der Waals surface area contributed by atoms with E-state index in [9.17, 15) is 18.0 Å². The number of aromatic nitrogens is 4. The van der Waals surface area contributed by atoms with Crippen LogP contribution in [0.5, 0.6) is 0 Å². The Labute approximate surface area is 125 Å². The number of rotatable bonds is 2. The van der Waals surface area contributed by atoms with Gasteiger partial charge in [0.2, 0.25) is 0 Å². The summed E-state index contributed by atoms with van der Waals surface area (Å²) in [5.74, 6) is -1.70. The van der Waals surface area contributed by atoms with Crippen molar-refractivity contribution in [2.75, 3.05) is 13.1 Å². The maximum atomic E-state index is 12.9. The zero-order valence-corrected chi connectivity index (χ0v) is 12.1. The van der Waals surface area contributed by atoms with Gasteiger partial charge in [0.15, 0.2) is 0 Å². The number of carbonyl (C=O) groups is 1. The molecule has 0 bridgehead atoms. The van der Waals surface area contributed by atoms with Crippen molar-refractivity contribution in [1.82, 2.24) is 25.1 Å². The van der Waals surface area contributed by atoms with E-state index < -0.39 is 17.6 Å². The first-order chi connectivity index (χ1) is 10.4. The molecule has 1 aromatic heterocycles. The van der Waals surface area contributed by atoms with Crippen molar-refractivity contribution in [2.45, 2.75) is 50.2 Å². The molecule has 2 fully saturated rings. The summed E-state index contributed by atoms with van der Waals surface area (Å²) in [6, 6.07) is 0. The van der Waals surface area contributed by atoms with Crippen LogP contribution < -0.4 is 0 Å². The molecule has 122 valence electrons. The molecule has 1 atom stereocenters. The number of halogens is 3. The number of carbonyl (C=O) groups excluding carboxylic acids is 1. The van der Waals surface area contributed by atoms with Gasteiger partial charge in [0.05, 0.1) is 5.92 Å². The molecule has 1 saturated heterocycles. The van der Waals surface area contributed by atoms with Gasteiger partial charge in [-0.25, -0.2) is 4.68 Å². The molecule has 1 aliphatic carbocycles. The van der Waals surface area contributed by atoms with E-state index in [0.29, 0.717) is 12.8 Å². The standard InChI is InChI=1S/C13H18F3N5O/c14-13(15,16)10-4-7-20(8-10)11(22)12(5-2-1-3-6-12)21-9-17-18-19-21/h9-10H,1-8H2. The highest BCUT2D eigenvalue weighted by molar-refractivity contribution is 5.84. The number of alkyl halides is 3. The molecule has 0 N–H and O–H groups in total. The van der Waals surface area contributed by atoms with Crippen molar-refractivity contribution in [1.29, 1.82) is 0 Å². The van der Waals surface area contributed by atoms with Crippen LogP contribution in [0, 0.1) is 5.92 Å². The minimum Gasteiger partial charge on any atom is -0.340 e. The Balaban J connectivity index is 1.82. The van der Waals surface area contributed by atoms with E-state index in [2.05, 4.69) is 15.5 Å². The first kappa shape index (κ1) is 15.2. The van der Waals surface area contributed by atoms with Gasteiger partial charge < -0.3 is 4.90 Å². The number of nitrogens with zero attached hydrogens (tertiary/aromatic N) is 5. The average molecular weight is 317 g/mol. The van der Waals surface area contributed by atoms with Crippen molar-refractivity contribution >= 4 is 5.91 Å². The van der Waals surface area contributed by atoms with Crippen LogP contribution in [0.25, 0.3) is 0 Å². The van der Waals surface area contributed by atoms with Gasteiger partial charge in [-0.1, -0.05) is 19.3 Å². The Bertz CT molecular complexity index is 524. The quantitative estimate of drug-likeness (QED) is 0.833. The summed E-state index contributed by atoms with van der Waals surface area (Å²) < 4.78 is 39.9. The highest BCUT2D eigenvalue weighted by Crippen LogP contribution is 2.39. The van der Waals surface area contributed by atoms with Gasteiger partial charge >= 0.3 is 6.18 Å². The molecule has 6 nitrogen and oxygen atoms in total. The van der Waals surface area contributed by atoms with Crippen LogP contribution in [-0.2, 0) is 10.3 Å². The number of tetrazole rings is 1. The molecular weight excluding hydrogens is 299 g/mol. The molecule has 2 aliphatic rings. The zero-order chi connectivity index (χ0) is 15.8. The van der Waals surface area contributed by atoms with E-state index >= 15 is 0 Å². The molecule has 3 rings (SSSR count). The van der Waals surface area contributed by atoms with E-state index in [1.54, 1.807) is 0 Å². The normalized spacial score (nSPS) is 25.4. The second-order valence-electron chi connectivity index (χ2n) is 6.13. The van der Waals surface area contributed by atoms with Crippen LogP contribution in [0.15, 0.2) is 6.33 Å². The predicted octanol–water partition coefficient (Wildman–Crippen LogP) is 1.74. The third kappa shape index (κ3) is 2.56. The molecule has 0 spiro atoms. The molecule has 9 heteroatoms. The van der Waals surface area contributed by atoms with Crippen LogP contribution in [0.1, 0.15) is 38.5 Å². The zero-order valence-electron chi connectivity index (χ0n) is 12.1.